The second kappa shape index (κ2) is 4.83. The van der Waals surface area contributed by atoms with E-state index in [1.54, 1.807) is 7.11 Å². The lowest BCUT2D eigenvalue weighted by atomic mass is 10.1. The van der Waals surface area contributed by atoms with Crippen molar-refractivity contribution in [2.75, 3.05) is 14.2 Å². The molecular weight excluding hydrogens is 186 g/mol. The number of carbonyl (C=O) groups is 1. The Hall–Kier alpha value is -1.26. The molecule has 0 spiro atoms. The maximum absolute atomic E-state index is 11.2. The van der Waals surface area contributed by atoms with E-state index in [1.165, 1.54) is 7.11 Å². The molecule has 14 heavy (non-hydrogen) atoms. The van der Waals surface area contributed by atoms with E-state index < -0.39 is 0 Å². The SMILES string of the molecule is COC(=O)C1C[C@H](N=[N+]=N)[C@@H](OC)C1. The van der Waals surface area contributed by atoms with Crippen LogP contribution < -0.4 is 4.91 Å². The second-order valence-electron chi connectivity index (χ2n) is 3.25. The first-order valence-electron chi connectivity index (χ1n) is 4.40. The van der Waals surface area contributed by atoms with E-state index in [1.807, 2.05) is 0 Å². The van der Waals surface area contributed by atoms with Crippen molar-refractivity contribution in [2.24, 2.45) is 11.0 Å². The van der Waals surface area contributed by atoms with Gasteiger partial charge in [-0.3, -0.25) is 4.79 Å². The molecule has 0 aliphatic heterocycles. The van der Waals surface area contributed by atoms with E-state index >= 15 is 0 Å². The number of hydrogen-bond acceptors (Lipinski definition) is 5. The third kappa shape index (κ3) is 2.16. The normalized spacial score (nSPS) is 30.9. The number of esters is 1. The lowest BCUT2D eigenvalue weighted by Gasteiger charge is -2.07. The van der Waals surface area contributed by atoms with Crippen molar-refractivity contribution in [1.82, 2.24) is 4.91 Å². The Balaban J connectivity index is 2.64. The number of hydrogen-bond donors (Lipinski definition) is 1. The summed E-state index contributed by atoms with van der Waals surface area (Å²) in [6.07, 6.45) is 1.01. The summed E-state index contributed by atoms with van der Waals surface area (Å²) in [7, 11) is 2.93. The molecule has 0 saturated heterocycles. The molecule has 1 rings (SSSR count). The van der Waals surface area contributed by atoms with Gasteiger partial charge >= 0.3 is 5.97 Å². The topological polar surface area (TPSA) is 85.8 Å². The summed E-state index contributed by atoms with van der Waals surface area (Å²) in [4.78, 5) is 14.2. The Morgan fingerprint density at radius 1 is 1.50 bits per heavy atom. The van der Waals surface area contributed by atoms with E-state index in [0.717, 1.165) is 0 Å². The maximum Gasteiger partial charge on any atom is 0.308 e. The molecule has 1 saturated carbocycles. The molecule has 6 nitrogen and oxygen atoms in total. The standard InChI is InChI=1S/C8H14N3O3/c1-13-7-4-5(8(12)14-2)3-6(7)10-11-9/h5-7,9H,3-4H2,1-2H3/q+1/t5?,6-,7-/m0/s1. The zero-order valence-corrected chi connectivity index (χ0v) is 8.27. The van der Waals surface area contributed by atoms with Gasteiger partial charge in [-0.15, -0.1) is 0 Å². The fourth-order valence-corrected chi connectivity index (χ4v) is 1.79. The monoisotopic (exact) mass is 200 g/mol. The fraction of sp³-hybridized carbons (Fsp3) is 0.875. The number of ether oxygens (including phenoxy) is 2. The summed E-state index contributed by atoms with van der Waals surface area (Å²) in [5.41, 5.74) is 6.64. The first-order valence-corrected chi connectivity index (χ1v) is 4.40. The molecule has 1 aliphatic rings. The van der Waals surface area contributed by atoms with Gasteiger partial charge in [0.15, 0.2) is 6.04 Å². The highest BCUT2D eigenvalue weighted by molar-refractivity contribution is 5.72. The molecule has 0 heterocycles. The molecule has 0 radical (unpaired) electrons. The summed E-state index contributed by atoms with van der Waals surface area (Å²) < 4.78 is 9.80. The fourth-order valence-electron chi connectivity index (χ4n) is 1.79. The van der Waals surface area contributed by atoms with Gasteiger partial charge in [-0.05, 0) is 12.8 Å². The van der Waals surface area contributed by atoms with Gasteiger partial charge in [0.2, 0.25) is 4.91 Å². The van der Waals surface area contributed by atoms with E-state index in [2.05, 4.69) is 14.8 Å². The van der Waals surface area contributed by atoms with Crippen LogP contribution >= 0.6 is 0 Å². The molecule has 0 bridgehead atoms. The Bertz CT molecular complexity index is 263. The summed E-state index contributed by atoms with van der Waals surface area (Å²) in [6, 6.07) is -0.193. The van der Waals surface area contributed by atoms with Crippen LogP contribution in [-0.2, 0) is 14.3 Å². The number of nitrogens with one attached hydrogen (secondary N) is 1. The van der Waals surface area contributed by atoms with Crippen LogP contribution in [0.1, 0.15) is 12.8 Å². The van der Waals surface area contributed by atoms with Crippen molar-refractivity contribution in [2.45, 2.75) is 25.0 Å². The maximum atomic E-state index is 11.2. The first kappa shape index (κ1) is 10.8. The smallest absolute Gasteiger partial charge is 0.308 e. The van der Waals surface area contributed by atoms with Gasteiger partial charge in [0.05, 0.1) is 19.1 Å². The van der Waals surface area contributed by atoms with Crippen molar-refractivity contribution in [3.63, 3.8) is 0 Å². The molecule has 78 valence electrons. The van der Waals surface area contributed by atoms with Crippen molar-refractivity contribution in [3.05, 3.63) is 0 Å². The average Bonchev–Trinajstić information content (AvgIpc) is 2.60. The Kier molecular flexibility index (Phi) is 3.73. The number of carbonyl (C=O) groups excluding carboxylic acids is 1. The lowest BCUT2D eigenvalue weighted by molar-refractivity contribution is -0.145. The van der Waals surface area contributed by atoms with Crippen LogP contribution in [0.5, 0.6) is 0 Å². The van der Waals surface area contributed by atoms with Crippen molar-refractivity contribution in [3.8, 4) is 0 Å². The van der Waals surface area contributed by atoms with E-state index in [0.29, 0.717) is 12.8 Å². The third-order valence-corrected chi connectivity index (χ3v) is 2.52. The van der Waals surface area contributed by atoms with Crippen LogP contribution in [0.4, 0.5) is 0 Å². The number of nitrogens with zero attached hydrogens (tertiary/aromatic N) is 2. The molecule has 0 aromatic heterocycles. The molecule has 0 aromatic rings. The molecule has 6 heteroatoms. The van der Waals surface area contributed by atoms with Gasteiger partial charge in [0.25, 0.3) is 0 Å². The predicted octanol–water partition coefficient (Wildman–Crippen LogP) is 0.503. The van der Waals surface area contributed by atoms with Gasteiger partial charge in [0.1, 0.15) is 10.6 Å². The summed E-state index contributed by atoms with van der Waals surface area (Å²) >= 11 is 0. The molecule has 0 amide bonds. The van der Waals surface area contributed by atoms with Crippen molar-refractivity contribution >= 4 is 5.97 Å². The number of rotatable bonds is 3. The lowest BCUT2D eigenvalue weighted by Crippen LogP contribution is -2.19. The minimum atomic E-state index is -0.241. The minimum Gasteiger partial charge on any atom is -0.469 e. The molecular formula is C8H14N3O3+. The van der Waals surface area contributed by atoms with Crippen LogP contribution in [0.2, 0.25) is 0 Å². The van der Waals surface area contributed by atoms with Crippen molar-refractivity contribution in [1.29, 1.82) is 5.53 Å². The van der Waals surface area contributed by atoms with Gasteiger partial charge < -0.3 is 9.47 Å². The Morgan fingerprint density at radius 2 is 2.21 bits per heavy atom. The average molecular weight is 200 g/mol. The highest BCUT2D eigenvalue weighted by atomic mass is 16.5. The predicted molar refractivity (Wildman–Crippen MR) is 46.6 cm³/mol. The molecule has 1 fully saturated rings. The minimum absolute atomic E-state index is 0.131. The van der Waals surface area contributed by atoms with Gasteiger partial charge in [0, 0.05) is 7.11 Å². The molecule has 0 aromatic carbocycles. The Labute approximate surface area is 81.8 Å². The van der Waals surface area contributed by atoms with Crippen LogP contribution in [0.25, 0.3) is 0 Å². The first-order chi connectivity index (χ1) is 6.72. The quantitative estimate of drug-likeness (QED) is 0.409. The second-order valence-corrected chi connectivity index (χ2v) is 3.25. The molecule has 1 N–H and O–H groups in total. The van der Waals surface area contributed by atoms with Crippen LogP contribution in [0, 0.1) is 11.4 Å². The molecule has 1 aliphatic carbocycles. The van der Waals surface area contributed by atoms with Crippen LogP contribution in [0.15, 0.2) is 5.11 Å². The number of methoxy groups -OCH3 is 2. The van der Waals surface area contributed by atoms with E-state index in [-0.39, 0.29) is 24.0 Å². The highest BCUT2D eigenvalue weighted by Crippen LogP contribution is 2.30. The summed E-state index contributed by atoms with van der Waals surface area (Å²) in [5, 5.41) is 3.70. The zero-order valence-electron chi connectivity index (χ0n) is 8.27. The van der Waals surface area contributed by atoms with Gasteiger partial charge in [-0.25, -0.2) is 0 Å². The Morgan fingerprint density at radius 3 is 2.71 bits per heavy atom. The summed E-state index contributed by atoms with van der Waals surface area (Å²) in [5.74, 6) is -0.421. The van der Waals surface area contributed by atoms with Gasteiger partial charge in [-0.2, -0.15) is 0 Å². The zero-order chi connectivity index (χ0) is 10.6. The largest absolute Gasteiger partial charge is 0.469 e. The van der Waals surface area contributed by atoms with Gasteiger partial charge in [-0.1, -0.05) is 0 Å². The third-order valence-electron chi connectivity index (χ3n) is 2.52. The molecule has 1 unspecified atom stereocenters. The highest BCUT2D eigenvalue weighted by Gasteiger charge is 2.41. The summed E-state index contributed by atoms with van der Waals surface area (Å²) in [6.45, 7) is 0. The van der Waals surface area contributed by atoms with E-state index in [9.17, 15) is 4.79 Å². The van der Waals surface area contributed by atoms with Crippen LogP contribution in [0.3, 0.4) is 0 Å². The van der Waals surface area contributed by atoms with Crippen molar-refractivity contribution < 1.29 is 14.3 Å². The van der Waals surface area contributed by atoms with E-state index in [4.69, 9.17) is 10.3 Å². The molecule has 3 atom stereocenters. The van der Waals surface area contributed by atoms with Crippen LogP contribution in [-0.4, -0.2) is 32.3 Å².